The standard InChI is InChI=1S/C18H23N5O/c1-13-10-14(2)22-18(21-13)23-8-5-16(6-9-23)17(24)20-12-15-4-3-7-19-11-15/h3-4,7,10-11,16H,5-6,8-9,12H2,1-2H3,(H,20,24). The Labute approximate surface area is 142 Å². The fourth-order valence-corrected chi connectivity index (χ4v) is 3.03. The van der Waals surface area contributed by atoms with Gasteiger partial charge < -0.3 is 10.2 Å². The Balaban J connectivity index is 1.52. The third-order valence-electron chi connectivity index (χ3n) is 4.31. The first-order valence-corrected chi connectivity index (χ1v) is 8.35. The van der Waals surface area contributed by atoms with E-state index in [1.807, 2.05) is 32.0 Å². The predicted molar refractivity (Wildman–Crippen MR) is 92.5 cm³/mol. The van der Waals surface area contributed by atoms with Crippen LogP contribution in [0.25, 0.3) is 0 Å². The van der Waals surface area contributed by atoms with Crippen molar-refractivity contribution in [1.29, 1.82) is 0 Å². The number of carbonyl (C=O) groups excluding carboxylic acids is 1. The third-order valence-corrected chi connectivity index (χ3v) is 4.31. The van der Waals surface area contributed by atoms with Gasteiger partial charge in [-0.1, -0.05) is 6.07 Å². The van der Waals surface area contributed by atoms with Gasteiger partial charge in [0, 0.05) is 49.3 Å². The lowest BCUT2D eigenvalue weighted by Gasteiger charge is -2.31. The quantitative estimate of drug-likeness (QED) is 0.931. The molecule has 0 saturated carbocycles. The lowest BCUT2D eigenvalue weighted by molar-refractivity contribution is -0.125. The monoisotopic (exact) mass is 325 g/mol. The highest BCUT2D eigenvalue weighted by atomic mass is 16.1. The van der Waals surface area contributed by atoms with Crippen LogP contribution in [-0.2, 0) is 11.3 Å². The van der Waals surface area contributed by atoms with E-state index >= 15 is 0 Å². The molecule has 0 atom stereocenters. The van der Waals surface area contributed by atoms with Gasteiger partial charge >= 0.3 is 0 Å². The van der Waals surface area contributed by atoms with Gasteiger partial charge in [0.2, 0.25) is 11.9 Å². The minimum Gasteiger partial charge on any atom is -0.352 e. The average molecular weight is 325 g/mol. The molecule has 2 aromatic heterocycles. The zero-order valence-corrected chi connectivity index (χ0v) is 14.2. The number of piperidine rings is 1. The van der Waals surface area contributed by atoms with Gasteiger partial charge in [0.15, 0.2) is 0 Å². The lowest BCUT2D eigenvalue weighted by Crippen LogP contribution is -2.41. The molecular formula is C18H23N5O. The normalized spacial score (nSPS) is 15.3. The van der Waals surface area contributed by atoms with Gasteiger partial charge in [-0.3, -0.25) is 9.78 Å². The van der Waals surface area contributed by atoms with Crippen molar-refractivity contribution in [2.75, 3.05) is 18.0 Å². The molecule has 1 amide bonds. The van der Waals surface area contributed by atoms with Crippen LogP contribution in [0.2, 0.25) is 0 Å². The zero-order chi connectivity index (χ0) is 16.9. The lowest BCUT2D eigenvalue weighted by atomic mass is 9.96. The largest absolute Gasteiger partial charge is 0.352 e. The van der Waals surface area contributed by atoms with Crippen molar-refractivity contribution in [3.8, 4) is 0 Å². The Morgan fingerprint density at radius 2 is 1.96 bits per heavy atom. The molecule has 6 heteroatoms. The molecule has 1 saturated heterocycles. The Hall–Kier alpha value is -2.50. The average Bonchev–Trinajstić information content (AvgIpc) is 2.60. The molecule has 24 heavy (non-hydrogen) atoms. The highest BCUT2D eigenvalue weighted by Crippen LogP contribution is 2.21. The van der Waals surface area contributed by atoms with Gasteiger partial charge in [-0.05, 0) is 44.4 Å². The molecule has 0 unspecified atom stereocenters. The van der Waals surface area contributed by atoms with Gasteiger partial charge in [0.05, 0.1) is 0 Å². The summed E-state index contributed by atoms with van der Waals surface area (Å²) in [6.45, 7) is 6.13. The molecule has 0 aromatic carbocycles. The molecule has 1 aliphatic heterocycles. The summed E-state index contributed by atoms with van der Waals surface area (Å²) in [4.78, 5) is 27.6. The van der Waals surface area contributed by atoms with Crippen LogP contribution in [0.15, 0.2) is 30.6 Å². The second-order valence-corrected chi connectivity index (χ2v) is 6.29. The van der Waals surface area contributed by atoms with E-state index in [1.54, 1.807) is 12.4 Å². The van der Waals surface area contributed by atoms with Crippen LogP contribution < -0.4 is 10.2 Å². The molecule has 3 rings (SSSR count). The van der Waals surface area contributed by atoms with Gasteiger partial charge in [0.25, 0.3) is 0 Å². The minimum atomic E-state index is 0.0591. The second kappa shape index (κ2) is 7.38. The molecule has 0 aliphatic carbocycles. The minimum absolute atomic E-state index is 0.0591. The second-order valence-electron chi connectivity index (χ2n) is 6.29. The maximum absolute atomic E-state index is 12.3. The molecule has 0 spiro atoms. The van der Waals surface area contributed by atoms with Crippen LogP contribution in [0, 0.1) is 19.8 Å². The fraction of sp³-hybridized carbons (Fsp3) is 0.444. The maximum atomic E-state index is 12.3. The molecule has 2 aromatic rings. The molecule has 1 N–H and O–H groups in total. The van der Waals surface area contributed by atoms with Gasteiger partial charge in [-0.25, -0.2) is 9.97 Å². The van der Waals surface area contributed by atoms with Crippen molar-refractivity contribution in [1.82, 2.24) is 20.3 Å². The van der Waals surface area contributed by atoms with Crippen LogP contribution in [0.1, 0.15) is 29.8 Å². The number of aryl methyl sites for hydroxylation is 2. The number of pyridine rings is 1. The van der Waals surface area contributed by atoms with Crippen molar-refractivity contribution in [2.24, 2.45) is 5.92 Å². The maximum Gasteiger partial charge on any atom is 0.225 e. The highest BCUT2D eigenvalue weighted by molar-refractivity contribution is 5.78. The summed E-state index contributed by atoms with van der Waals surface area (Å²) in [5.41, 5.74) is 2.98. The highest BCUT2D eigenvalue weighted by Gasteiger charge is 2.26. The molecule has 6 nitrogen and oxygen atoms in total. The van der Waals surface area contributed by atoms with Crippen molar-refractivity contribution in [3.63, 3.8) is 0 Å². The number of amides is 1. The summed E-state index contributed by atoms with van der Waals surface area (Å²) < 4.78 is 0. The molecule has 126 valence electrons. The van der Waals surface area contributed by atoms with Crippen molar-refractivity contribution < 1.29 is 4.79 Å². The number of carbonyl (C=O) groups is 1. The summed E-state index contributed by atoms with van der Waals surface area (Å²) in [7, 11) is 0. The van der Waals surface area contributed by atoms with Crippen molar-refractivity contribution >= 4 is 11.9 Å². The molecule has 0 bridgehead atoms. The van der Waals surface area contributed by atoms with E-state index in [9.17, 15) is 4.79 Å². The number of rotatable bonds is 4. The Kier molecular flexibility index (Phi) is 5.03. The number of nitrogens with zero attached hydrogens (tertiary/aromatic N) is 4. The summed E-state index contributed by atoms with van der Waals surface area (Å²) in [5.74, 6) is 0.963. The van der Waals surface area contributed by atoms with Crippen molar-refractivity contribution in [3.05, 3.63) is 47.5 Å². The molecule has 3 heterocycles. The van der Waals surface area contributed by atoms with Crippen LogP contribution >= 0.6 is 0 Å². The van der Waals surface area contributed by atoms with Crippen LogP contribution in [0.5, 0.6) is 0 Å². The van der Waals surface area contributed by atoms with Crippen LogP contribution in [0.3, 0.4) is 0 Å². The number of aromatic nitrogens is 3. The number of hydrogen-bond donors (Lipinski definition) is 1. The third kappa shape index (κ3) is 4.07. The topological polar surface area (TPSA) is 71.0 Å². The number of nitrogens with one attached hydrogen (secondary N) is 1. The van der Waals surface area contributed by atoms with E-state index in [0.29, 0.717) is 6.54 Å². The number of anilines is 1. The Morgan fingerprint density at radius 3 is 2.58 bits per heavy atom. The smallest absolute Gasteiger partial charge is 0.225 e. The Bertz CT molecular complexity index is 676. The van der Waals surface area contributed by atoms with E-state index in [0.717, 1.165) is 48.8 Å². The summed E-state index contributed by atoms with van der Waals surface area (Å²) in [5, 5.41) is 3.01. The summed E-state index contributed by atoms with van der Waals surface area (Å²) in [6.07, 6.45) is 5.17. The van der Waals surface area contributed by atoms with E-state index in [2.05, 4.69) is 25.2 Å². The molecular weight excluding hydrogens is 302 g/mol. The number of hydrogen-bond acceptors (Lipinski definition) is 5. The summed E-state index contributed by atoms with van der Waals surface area (Å²) in [6, 6.07) is 5.82. The summed E-state index contributed by atoms with van der Waals surface area (Å²) >= 11 is 0. The van der Waals surface area contributed by atoms with E-state index < -0.39 is 0 Å². The first-order valence-electron chi connectivity index (χ1n) is 8.35. The first-order chi connectivity index (χ1) is 11.6. The van der Waals surface area contributed by atoms with Crippen LogP contribution in [0.4, 0.5) is 5.95 Å². The molecule has 1 aliphatic rings. The van der Waals surface area contributed by atoms with E-state index in [-0.39, 0.29) is 11.8 Å². The molecule has 1 fully saturated rings. The van der Waals surface area contributed by atoms with E-state index in [1.165, 1.54) is 0 Å². The van der Waals surface area contributed by atoms with Gasteiger partial charge in [0.1, 0.15) is 0 Å². The van der Waals surface area contributed by atoms with Gasteiger partial charge in [-0.15, -0.1) is 0 Å². The fourth-order valence-electron chi connectivity index (χ4n) is 3.03. The SMILES string of the molecule is Cc1cc(C)nc(N2CCC(C(=O)NCc3cccnc3)CC2)n1. The van der Waals surface area contributed by atoms with Crippen LogP contribution in [-0.4, -0.2) is 33.9 Å². The van der Waals surface area contributed by atoms with Gasteiger partial charge in [-0.2, -0.15) is 0 Å². The van der Waals surface area contributed by atoms with E-state index in [4.69, 9.17) is 0 Å². The van der Waals surface area contributed by atoms with Crippen molar-refractivity contribution in [2.45, 2.75) is 33.2 Å². The zero-order valence-electron chi connectivity index (χ0n) is 14.2. The first kappa shape index (κ1) is 16.4. The molecule has 0 radical (unpaired) electrons. The predicted octanol–water partition coefficient (Wildman–Crippen LogP) is 2.02. The Morgan fingerprint density at radius 1 is 1.25 bits per heavy atom.